The summed E-state index contributed by atoms with van der Waals surface area (Å²) in [5, 5.41) is 7.03. The van der Waals surface area contributed by atoms with E-state index in [-0.39, 0.29) is 11.4 Å². The number of aryl methyl sites for hydroxylation is 1. The second kappa shape index (κ2) is 6.84. The average molecular weight is 308 g/mol. The highest BCUT2D eigenvalue weighted by Crippen LogP contribution is 2.09. The number of aromatic nitrogens is 2. The fourth-order valence-electron chi connectivity index (χ4n) is 1.80. The van der Waals surface area contributed by atoms with Gasteiger partial charge in [0.1, 0.15) is 4.90 Å². The van der Waals surface area contributed by atoms with Crippen LogP contribution in [0.5, 0.6) is 0 Å². The maximum Gasteiger partial charge on any atom is 0.243 e. The molecule has 114 valence electrons. The Bertz CT molecular complexity index is 677. The van der Waals surface area contributed by atoms with E-state index in [0.29, 0.717) is 6.54 Å². The fraction of sp³-hybridized carbons (Fsp3) is 0.357. The fourth-order valence-corrected chi connectivity index (χ4v) is 2.77. The molecule has 0 unspecified atom stereocenters. The number of hydrogen-bond acceptors (Lipinski definition) is 4. The first kappa shape index (κ1) is 15.7. The SMILES string of the molecule is CNCCn1cc(S(=O)(=O)NCc2ccc(C)cc2)cn1. The van der Waals surface area contributed by atoms with E-state index in [9.17, 15) is 8.42 Å². The van der Waals surface area contributed by atoms with Crippen LogP contribution in [-0.2, 0) is 23.1 Å². The summed E-state index contributed by atoms with van der Waals surface area (Å²) >= 11 is 0. The zero-order valence-electron chi connectivity index (χ0n) is 12.2. The first-order valence-electron chi connectivity index (χ1n) is 6.73. The molecule has 0 fully saturated rings. The van der Waals surface area contributed by atoms with Crippen molar-refractivity contribution in [1.29, 1.82) is 0 Å². The molecule has 0 aliphatic rings. The van der Waals surface area contributed by atoms with Gasteiger partial charge in [-0.2, -0.15) is 5.10 Å². The average Bonchev–Trinajstić information content (AvgIpc) is 2.94. The van der Waals surface area contributed by atoms with Crippen LogP contribution in [-0.4, -0.2) is 31.8 Å². The summed E-state index contributed by atoms with van der Waals surface area (Å²) in [6.07, 6.45) is 2.90. The van der Waals surface area contributed by atoms with Crippen molar-refractivity contribution in [3.63, 3.8) is 0 Å². The molecule has 0 saturated heterocycles. The monoisotopic (exact) mass is 308 g/mol. The standard InChI is InChI=1S/C14H20N4O2S/c1-12-3-5-13(6-4-12)9-17-21(19,20)14-10-16-18(11-14)8-7-15-2/h3-6,10-11,15,17H,7-9H2,1-2H3. The number of sulfonamides is 1. The highest BCUT2D eigenvalue weighted by Gasteiger charge is 2.16. The summed E-state index contributed by atoms with van der Waals surface area (Å²) < 4.78 is 28.6. The van der Waals surface area contributed by atoms with Crippen LogP contribution in [0.3, 0.4) is 0 Å². The van der Waals surface area contributed by atoms with Crippen LogP contribution in [0.15, 0.2) is 41.6 Å². The third kappa shape index (κ3) is 4.38. The molecule has 0 bridgehead atoms. The molecule has 0 spiro atoms. The summed E-state index contributed by atoms with van der Waals surface area (Å²) in [5.41, 5.74) is 2.07. The van der Waals surface area contributed by atoms with Crippen molar-refractivity contribution in [2.45, 2.75) is 24.9 Å². The number of benzene rings is 1. The predicted molar refractivity (Wildman–Crippen MR) is 81.4 cm³/mol. The van der Waals surface area contributed by atoms with Crippen LogP contribution in [0.25, 0.3) is 0 Å². The van der Waals surface area contributed by atoms with Crippen molar-refractivity contribution >= 4 is 10.0 Å². The van der Waals surface area contributed by atoms with Gasteiger partial charge in [0, 0.05) is 19.3 Å². The first-order chi connectivity index (χ1) is 10.0. The molecule has 0 radical (unpaired) electrons. The van der Waals surface area contributed by atoms with Gasteiger partial charge >= 0.3 is 0 Å². The summed E-state index contributed by atoms with van der Waals surface area (Å²) in [4.78, 5) is 0.186. The molecule has 1 heterocycles. The number of nitrogens with zero attached hydrogens (tertiary/aromatic N) is 2. The Morgan fingerprint density at radius 1 is 1.24 bits per heavy atom. The molecule has 0 amide bonds. The van der Waals surface area contributed by atoms with E-state index in [1.807, 2.05) is 38.2 Å². The van der Waals surface area contributed by atoms with Gasteiger partial charge in [0.25, 0.3) is 0 Å². The molecule has 0 saturated carbocycles. The lowest BCUT2D eigenvalue weighted by Crippen LogP contribution is -2.23. The second-order valence-corrected chi connectivity index (χ2v) is 6.62. The van der Waals surface area contributed by atoms with Crippen molar-refractivity contribution in [2.24, 2.45) is 0 Å². The maximum absolute atomic E-state index is 12.2. The van der Waals surface area contributed by atoms with E-state index >= 15 is 0 Å². The van der Waals surface area contributed by atoms with Crippen LogP contribution in [0, 0.1) is 6.92 Å². The Labute approximate surface area is 125 Å². The Morgan fingerprint density at radius 3 is 2.62 bits per heavy atom. The van der Waals surface area contributed by atoms with Crippen molar-refractivity contribution in [1.82, 2.24) is 19.8 Å². The van der Waals surface area contributed by atoms with Crippen molar-refractivity contribution < 1.29 is 8.42 Å². The number of hydrogen-bond donors (Lipinski definition) is 2. The number of likely N-dealkylation sites (N-methyl/N-ethyl adjacent to an activating group) is 1. The van der Waals surface area contributed by atoms with Crippen LogP contribution in [0.1, 0.15) is 11.1 Å². The van der Waals surface area contributed by atoms with E-state index < -0.39 is 10.0 Å². The van der Waals surface area contributed by atoms with Crippen molar-refractivity contribution in [2.75, 3.05) is 13.6 Å². The minimum Gasteiger partial charge on any atom is -0.318 e. The van der Waals surface area contributed by atoms with Gasteiger partial charge in [-0.05, 0) is 19.5 Å². The predicted octanol–water partition coefficient (Wildman–Crippen LogP) is 0.889. The molecule has 1 aromatic heterocycles. The lowest BCUT2D eigenvalue weighted by atomic mass is 10.2. The molecular formula is C14H20N4O2S. The minimum absolute atomic E-state index is 0.186. The Morgan fingerprint density at radius 2 is 1.95 bits per heavy atom. The van der Waals surface area contributed by atoms with E-state index in [1.165, 1.54) is 12.4 Å². The van der Waals surface area contributed by atoms with Crippen molar-refractivity contribution in [3.05, 3.63) is 47.8 Å². The summed E-state index contributed by atoms with van der Waals surface area (Å²) in [5.74, 6) is 0. The van der Waals surface area contributed by atoms with Crippen LogP contribution < -0.4 is 10.0 Å². The molecular weight excluding hydrogens is 288 g/mol. The Balaban J connectivity index is 2.00. The van der Waals surface area contributed by atoms with Crippen LogP contribution in [0.2, 0.25) is 0 Å². The summed E-state index contributed by atoms with van der Waals surface area (Å²) in [6.45, 7) is 3.62. The highest BCUT2D eigenvalue weighted by molar-refractivity contribution is 7.89. The molecule has 0 aliphatic carbocycles. The molecule has 2 rings (SSSR count). The Kier molecular flexibility index (Phi) is 5.11. The van der Waals surface area contributed by atoms with Gasteiger partial charge in [0.2, 0.25) is 10.0 Å². The number of rotatable bonds is 7. The zero-order chi connectivity index (χ0) is 15.3. The third-order valence-corrected chi connectivity index (χ3v) is 4.45. The smallest absolute Gasteiger partial charge is 0.243 e. The summed E-state index contributed by atoms with van der Waals surface area (Å²) in [7, 11) is -1.69. The van der Waals surface area contributed by atoms with E-state index in [4.69, 9.17) is 0 Å². The molecule has 6 nitrogen and oxygen atoms in total. The topological polar surface area (TPSA) is 76.0 Å². The largest absolute Gasteiger partial charge is 0.318 e. The van der Waals surface area contributed by atoms with E-state index in [2.05, 4.69) is 15.1 Å². The van der Waals surface area contributed by atoms with Gasteiger partial charge in [-0.3, -0.25) is 4.68 Å². The normalized spacial score (nSPS) is 11.7. The first-order valence-corrected chi connectivity index (χ1v) is 8.22. The van der Waals surface area contributed by atoms with Gasteiger partial charge < -0.3 is 5.32 Å². The van der Waals surface area contributed by atoms with Gasteiger partial charge in [0.15, 0.2) is 0 Å². The molecule has 0 aliphatic heterocycles. The van der Waals surface area contributed by atoms with Gasteiger partial charge in [-0.15, -0.1) is 0 Å². The second-order valence-electron chi connectivity index (χ2n) is 4.85. The zero-order valence-corrected chi connectivity index (χ0v) is 13.0. The highest BCUT2D eigenvalue weighted by atomic mass is 32.2. The lowest BCUT2D eigenvalue weighted by molar-refractivity contribution is 0.576. The van der Waals surface area contributed by atoms with E-state index in [1.54, 1.807) is 4.68 Å². The van der Waals surface area contributed by atoms with Crippen LogP contribution in [0.4, 0.5) is 0 Å². The van der Waals surface area contributed by atoms with Gasteiger partial charge in [-0.25, -0.2) is 13.1 Å². The quantitative estimate of drug-likeness (QED) is 0.796. The third-order valence-electron chi connectivity index (χ3n) is 3.10. The molecule has 21 heavy (non-hydrogen) atoms. The minimum atomic E-state index is -3.53. The molecule has 1 aromatic carbocycles. The molecule has 7 heteroatoms. The lowest BCUT2D eigenvalue weighted by Gasteiger charge is -2.05. The number of nitrogens with one attached hydrogen (secondary N) is 2. The maximum atomic E-state index is 12.2. The molecule has 2 aromatic rings. The van der Waals surface area contributed by atoms with Crippen molar-refractivity contribution in [3.8, 4) is 0 Å². The summed E-state index contributed by atoms with van der Waals surface area (Å²) in [6, 6.07) is 7.74. The van der Waals surface area contributed by atoms with E-state index in [0.717, 1.165) is 17.7 Å². The molecule has 2 N–H and O–H groups in total. The molecule has 0 atom stereocenters. The van der Waals surface area contributed by atoms with Gasteiger partial charge in [0.05, 0.1) is 12.7 Å². The Hall–Kier alpha value is -1.70. The van der Waals surface area contributed by atoms with Crippen LogP contribution >= 0.6 is 0 Å². The van der Waals surface area contributed by atoms with Gasteiger partial charge in [-0.1, -0.05) is 29.8 Å².